The molecule has 2 aromatic heterocycles. The van der Waals surface area contributed by atoms with Crippen LogP contribution in [0.15, 0.2) is 52.7 Å². The van der Waals surface area contributed by atoms with Crippen molar-refractivity contribution in [3.05, 3.63) is 64.0 Å². The van der Waals surface area contributed by atoms with E-state index in [2.05, 4.69) is 49.3 Å². The molecule has 4 N–H and O–H groups in total. The molecule has 0 amide bonds. The van der Waals surface area contributed by atoms with Crippen molar-refractivity contribution < 1.29 is 5.32 Å². The molecule has 1 aliphatic heterocycles. The Labute approximate surface area is 206 Å². The second-order valence-corrected chi connectivity index (χ2v) is 9.47. The molecule has 0 fully saturated rings. The molecule has 184 valence electrons. The zero-order chi connectivity index (χ0) is 25.3. The largest absolute Gasteiger partial charge is 0.384 e. The average Bonchev–Trinajstić information content (AvgIpc) is 3.11. The Kier molecular flexibility index (Phi) is 7.08. The molecule has 0 radical (unpaired) electrons. The summed E-state index contributed by atoms with van der Waals surface area (Å²) in [5, 5.41) is 14.7. The summed E-state index contributed by atoms with van der Waals surface area (Å²) in [4.78, 5) is 17.9. The van der Waals surface area contributed by atoms with E-state index in [1.165, 1.54) is 29.7 Å². The molecule has 0 saturated heterocycles. The summed E-state index contributed by atoms with van der Waals surface area (Å²) in [7, 11) is 3.66. The highest BCUT2D eigenvalue weighted by Gasteiger charge is 2.21. The molecular weight excluding hydrogens is 436 g/mol. The van der Waals surface area contributed by atoms with Gasteiger partial charge in [0.1, 0.15) is 11.9 Å². The first-order valence-electron chi connectivity index (χ1n) is 12.5. The number of nitrogens with one attached hydrogen (secondary N) is 2. The molecule has 3 heterocycles. The van der Waals surface area contributed by atoms with Crippen LogP contribution in [0.3, 0.4) is 0 Å². The lowest BCUT2D eigenvalue weighted by Crippen LogP contribution is -2.73. The van der Waals surface area contributed by atoms with Crippen LogP contribution in [0.25, 0.3) is 33.2 Å². The summed E-state index contributed by atoms with van der Waals surface area (Å²) >= 11 is 0. The third-order valence-electron chi connectivity index (χ3n) is 7.24. The number of rotatable bonds is 8. The normalized spacial score (nSPS) is 14.7. The number of hydrogen-bond donors (Lipinski definition) is 3. The number of imidazole rings is 1. The number of aromatic nitrogens is 3. The van der Waals surface area contributed by atoms with Crippen molar-refractivity contribution in [3.63, 3.8) is 0 Å². The molecule has 7 nitrogen and oxygen atoms in total. The van der Waals surface area contributed by atoms with Crippen LogP contribution in [0.2, 0.25) is 0 Å². The van der Waals surface area contributed by atoms with Gasteiger partial charge in [-0.2, -0.15) is 0 Å². The third kappa shape index (κ3) is 4.48. The number of benzene rings is 1. The van der Waals surface area contributed by atoms with Crippen molar-refractivity contribution in [2.45, 2.75) is 47.0 Å². The highest BCUT2D eigenvalue weighted by Crippen LogP contribution is 2.31. The quantitative estimate of drug-likeness (QED) is 0.432. The fourth-order valence-corrected chi connectivity index (χ4v) is 4.94. The zero-order valence-corrected chi connectivity index (χ0v) is 21.7. The van der Waals surface area contributed by atoms with Gasteiger partial charge >= 0.3 is 5.69 Å². The van der Waals surface area contributed by atoms with Crippen molar-refractivity contribution in [2.24, 2.45) is 13.0 Å². The van der Waals surface area contributed by atoms with Gasteiger partial charge in [-0.05, 0) is 55.0 Å². The van der Waals surface area contributed by atoms with Crippen molar-refractivity contribution in [1.29, 1.82) is 5.41 Å². The molecule has 0 spiro atoms. The molecule has 0 bridgehead atoms. The molecule has 0 unspecified atom stereocenters. The highest BCUT2D eigenvalue weighted by atomic mass is 16.1. The van der Waals surface area contributed by atoms with Gasteiger partial charge in [0.2, 0.25) is 0 Å². The van der Waals surface area contributed by atoms with Gasteiger partial charge in [0, 0.05) is 24.7 Å². The van der Waals surface area contributed by atoms with E-state index in [1.54, 1.807) is 29.3 Å². The van der Waals surface area contributed by atoms with Gasteiger partial charge in [-0.15, -0.1) is 0 Å². The van der Waals surface area contributed by atoms with Gasteiger partial charge in [0.15, 0.2) is 0 Å². The van der Waals surface area contributed by atoms with Gasteiger partial charge in [-0.3, -0.25) is 14.1 Å². The smallest absolute Gasteiger partial charge is 0.333 e. The van der Waals surface area contributed by atoms with Crippen LogP contribution in [-0.4, -0.2) is 33.4 Å². The van der Waals surface area contributed by atoms with Crippen LogP contribution >= 0.6 is 0 Å². The second kappa shape index (κ2) is 10.0. The summed E-state index contributed by atoms with van der Waals surface area (Å²) in [6, 6.07) is 6.30. The lowest BCUT2D eigenvalue weighted by Gasteiger charge is -2.23. The average molecular weight is 474 g/mol. The van der Waals surface area contributed by atoms with Crippen LogP contribution in [0.1, 0.15) is 52.5 Å². The summed E-state index contributed by atoms with van der Waals surface area (Å²) in [6.45, 7) is 9.18. The molecule has 1 aliphatic rings. The standard InChI is InChI=1S/C28H36N6O/c1-7-19(8-2)11-21-12-22(14-31-18(21)4)20-9-10-24-23(13-20)27-26(16-32-24)33(6)28(35)34(27)25(15-30-5)17(3)29/h9-10,12-13,15-16,19,29-31H,7-8,11,14H2,1-6H3/p+1. The number of fused-ring (bicyclic) bond motifs is 3. The maximum Gasteiger partial charge on any atom is 0.333 e. The van der Waals surface area contributed by atoms with Crippen LogP contribution < -0.4 is 16.3 Å². The Morgan fingerprint density at radius 3 is 2.71 bits per heavy atom. The van der Waals surface area contributed by atoms with Crippen LogP contribution in [-0.2, 0) is 7.05 Å². The Hall–Kier alpha value is -3.45. The van der Waals surface area contributed by atoms with E-state index in [-0.39, 0.29) is 5.69 Å². The van der Waals surface area contributed by atoms with E-state index < -0.39 is 0 Å². The first-order valence-corrected chi connectivity index (χ1v) is 12.5. The zero-order valence-electron chi connectivity index (χ0n) is 21.7. The minimum Gasteiger partial charge on any atom is -0.384 e. The lowest BCUT2D eigenvalue weighted by molar-refractivity contribution is -0.555. The van der Waals surface area contributed by atoms with Crippen LogP contribution in [0.5, 0.6) is 0 Å². The van der Waals surface area contributed by atoms with Gasteiger partial charge in [-0.1, -0.05) is 38.8 Å². The van der Waals surface area contributed by atoms with E-state index in [4.69, 9.17) is 5.41 Å². The molecule has 4 rings (SSSR count). The Balaban J connectivity index is 1.93. The minimum atomic E-state index is -0.177. The Morgan fingerprint density at radius 2 is 2.06 bits per heavy atom. The van der Waals surface area contributed by atoms with Crippen LogP contribution in [0.4, 0.5) is 0 Å². The van der Waals surface area contributed by atoms with E-state index >= 15 is 0 Å². The fraction of sp³-hybridized carbons (Fsp3) is 0.393. The van der Waals surface area contributed by atoms with Gasteiger partial charge in [-0.25, -0.2) is 4.79 Å². The van der Waals surface area contributed by atoms with Crippen molar-refractivity contribution >= 4 is 38.9 Å². The maximum atomic E-state index is 13.3. The van der Waals surface area contributed by atoms with E-state index in [9.17, 15) is 4.79 Å². The monoisotopic (exact) mass is 473 g/mol. The summed E-state index contributed by atoms with van der Waals surface area (Å²) < 4.78 is 3.27. The molecule has 0 atom stereocenters. The van der Waals surface area contributed by atoms with E-state index in [0.717, 1.165) is 40.5 Å². The molecule has 7 heteroatoms. The minimum absolute atomic E-state index is 0.177. The third-order valence-corrected chi connectivity index (χ3v) is 7.24. The van der Waals surface area contributed by atoms with Crippen LogP contribution in [0, 0.1) is 11.3 Å². The number of allylic oxidation sites excluding steroid dienone is 4. The molecule has 3 aromatic rings. The predicted octanol–water partition coefficient (Wildman–Crippen LogP) is 4.01. The van der Waals surface area contributed by atoms with E-state index in [1.807, 2.05) is 24.6 Å². The molecule has 35 heavy (non-hydrogen) atoms. The summed E-state index contributed by atoms with van der Waals surface area (Å²) in [5.74, 6) is 0.682. The number of nitrogens with two attached hydrogens (primary N) is 1. The predicted molar refractivity (Wildman–Crippen MR) is 145 cm³/mol. The van der Waals surface area contributed by atoms with Crippen molar-refractivity contribution in [1.82, 2.24) is 19.4 Å². The van der Waals surface area contributed by atoms with Crippen molar-refractivity contribution in [2.75, 3.05) is 13.6 Å². The number of pyridine rings is 1. The number of hydrogen-bond acceptors (Lipinski definition) is 4. The number of dihydropyridines is 1. The first-order chi connectivity index (χ1) is 16.8. The molecular formula is C28H37N6O+. The lowest BCUT2D eigenvalue weighted by atomic mass is 9.89. The Morgan fingerprint density at radius 1 is 1.31 bits per heavy atom. The number of aryl methyl sites for hydroxylation is 1. The fourth-order valence-electron chi connectivity index (χ4n) is 4.94. The molecule has 0 saturated carbocycles. The SMILES string of the molecule is CCC(CC)CC1=C(C)NCC(c2ccc3ncc4c(c3c2)n(C(=C[NH2+]C)C(C)=N)c(=O)n4C)=C1. The maximum absolute atomic E-state index is 13.3. The first kappa shape index (κ1) is 24.7. The highest BCUT2D eigenvalue weighted by molar-refractivity contribution is 6.18. The van der Waals surface area contributed by atoms with Gasteiger partial charge in [0.25, 0.3) is 0 Å². The number of nitrogens with zero attached hydrogens (tertiary/aromatic N) is 3. The Bertz CT molecular complexity index is 1450. The molecule has 1 aromatic carbocycles. The second-order valence-electron chi connectivity index (χ2n) is 9.47. The van der Waals surface area contributed by atoms with Crippen molar-refractivity contribution in [3.8, 4) is 0 Å². The van der Waals surface area contributed by atoms with E-state index in [0.29, 0.717) is 17.3 Å². The van der Waals surface area contributed by atoms with Gasteiger partial charge in [0.05, 0.1) is 35.5 Å². The topological polar surface area (TPSA) is 92.3 Å². The molecule has 0 aliphatic carbocycles. The number of quaternary nitrogens is 1. The van der Waals surface area contributed by atoms with Gasteiger partial charge < -0.3 is 16.0 Å². The summed E-state index contributed by atoms with van der Waals surface area (Å²) in [6.07, 6.45) is 9.36. The summed E-state index contributed by atoms with van der Waals surface area (Å²) in [5.41, 5.74) is 8.10.